The van der Waals surface area contributed by atoms with Gasteiger partial charge >= 0.3 is 0 Å². The molecule has 2 aromatic rings. The van der Waals surface area contributed by atoms with E-state index in [0.717, 1.165) is 36.9 Å². The van der Waals surface area contributed by atoms with Gasteiger partial charge in [-0.1, -0.05) is 32.0 Å². The van der Waals surface area contributed by atoms with Crippen LogP contribution in [0.25, 0.3) is 0 Å². The molecule has 0 aliphatic heterocycles. The van der Waals surface area contributed by atoms with Gasteiger partial charge < -0.3 is 5.32 Å². The van der Waals surface area contributed by atoms with Crippen molar-refractivity contribution in [2.75, 3.05) is 18.4 Å². The second kappa shape index (κ2) is 7.41. The zero-order valence-electron chi connectivity index (χ0n) is 12.5. The summed E-state index contributed by atoms with van der Waals surface area (Å²) in [5, 5.41) is 6.75. The van der Waals surface area contributed by atoms with E-state index in [9.17, 15) is 0 Å². The molecule has 1 aromatic carbocycles. The number of thiazole rings is 1. The van der Waals surface area contributed by atoms with Gasteiger partial charge in [0.2, 0.25) is 0 Å². The predicted molar refractivity (Wildman–Crippen MR) is 87.2 cm³/mol. The van der Waals surface area contributed by atoms with Gasteiger partial charge in [0.1, 0.15) is 5.01 Å². The molecule has 2 rings (SSSR count). The third kappa shape index (κ3) is 4.05. The van der Waals surface area contributed by atoms with Crippen LogP contribution in [-0.2, 0) is 13.1 Å². The van der Waals surface area contributed by atoms with Crippen LogP contribution in [0.2, 0.25) is 0 Å². The van der Waals surface area contributed by atoms with E-state index in [1.165, 1.54) is 11.3 Å². The standard InChI is InChI=1S/C16H23N3S/c1-4-19(5-2)11-14-8-6-7-9-15(14)17-10-16-18-13(3)12-20-16/h6-9,12,17H,4-5,10-11H2,1-3H3. The van der Waals surface area contributed by atoms with Crippen molar-refractivity contribution in [3.8, 4) is 0 Å². The van der Waals surface area contributed by atoms with Gasteiger partial charge in [0, 0.05) is 23.3 Å². The maximum Gasteiger partial charge on any atom is 0.112 e. The van der Waals surface area contributed by atoms with E-state index < -0.39 is 0 Å². The van der Waals surface area contributed by atoms with Crippen molar-refractivity contribution in [3.05, 3.63) is 45.9 Å². The summed E-state index contributed by atoms with van der Waals surface area (Å²) < 4.78 is 0. The number of nitrogens with zero attached hydrogens (tertiary/aromatic N) is 2. The van der Waals surface area contributed by atoms with Gasteiger partial charge in [-0.2, -0.15) is 0 Å². The highest BCUT2D eigenvalue weighted by molar-refractivity contribution is 7.09. The number of hydrogen-bond donors (Lipinski definition) is 1. The molecule has 4 heteroatoms. The molecule has 1 N–H and O–H groups in total. The third-order valence-corrected chi connectivity index (χ3v) is 4.37. The lowest BCUT2D eigenvalue weighted by atomic mass is 10.1. The smallest absolute Gasteiger partial charge is 0.112 e. The van der Waals surface area contributed by atoms with Crippen LogP contribution in [0.15, 0.2) is 29.6 Å². The third-order valence-electron chi connectivity index (χ3n) is 3.40. The Morgan fingerprint density at radius 3 is 2.60 bits per heavy atom. The normalized spacial score (nSPS) is 11.0. The number of hydrogen-bond acceptors (Lipinski definition) is 4. The Kier molecular flexibility index (Phi) is 5.56. The fourth-order valence-corrected chi connectivity index (χ4v) is 2.88. The van der Waals surface area contributed by atoms with Crippen LogP contribution in [0.3, 0.4) is 0 Å². The highest BCUT2D eigenvalue weighted by Crippen LogP contribution is 2.19. The number of para-hydroxylation sites is 1. The van der Waals surface area contributed by atoms with Gasteiger partial charge in [-0.3, -0.25) is 4.90 Å². The number of aryl methyl sites for hydroxylation is 1. The van der Waals surface area contributed by atoms with Crippen molar-refractivity contribution in [1.29, 1.82) is 0 Å². The van der Waals surface area contributed by atoms with Gasteiger partial charge in [0.15, 0.2) is 0 Å². The summed E-state index contributed by atoms with van der Waals surface area (Å²) in [6.45, 7) is 10.4. The zero-order valence-corrected chi connectivity index (χ0v) is 13.3. The van der Waals surface area contributed by atoms with E-state index in [1.54, 1.807) is 11.3 Å². The van der Waals surface area contributed by atoms with E-state index in [2.05, 4.69) is 58.7 Å². The first-order valence-corrected chi connectivity index (χ1v) is 8.06. The molecule has 108 valence electrons. The minimum atomic E-state index is 0.799. The summed E-state index contributed by atoms with van der Waals surface area (Å²) in [5.74, 6) is 0. The van der Waals surface area contributed by atoms with Crippen molar-refractivity contribution in [2.24, 2.45) is 0 Å². The molecule has 3 nitrogen and oxygen atoms in total. The van der Waals surface area contributed by atoms with Gasteiger partial charge in [-0.05, 0) is 31.6 Å². The molecule has 1 heterocycles. The summed E-state index contributed by atoms with van der Waals surface area (Å²) >= 11 is 1.71. The Balaban J connectivity index is 2.03. The summed E-state index contributed by atoms with van der Waals surface area (Å²) in [7, 11) is 0. The first-order valence-electron chi connectivity index (χ1n) is 7.18. The van der Waals surface area contributed by atoms with Crippen molar-refractivity contribution in [1.82, 2.24) is 9.88 Å². The first-order chi connectivity index (χ1) is 9.72. The van der Waals surface area contributed by atoms with Crippen LogP contribution in [-0.4, -0.2) is 23.0 Å². The van der Waals surface area contributed by atoms with E-state index in [4.69, 9.17) is 0 Å². The Morgan fingerprint density at radius 1 is 1.20 bits per heavy atom. The average Bonchev–Trinajstić information content (AvgIpc) is 2.89. The maximum atomic E-state index is 4.49. The molecule has 0 saturated heterocycles. The molecular weight excluding hydrogens is 266 g/mol. The monoisotopic (exact) mass is 289 g/mol. The SMILES string of the molecule is CCN(CC)Cc1ccccc1NCc1nc(C)cs1. The summed E-state index contributed by atoms with van der Waals surface area (Å²) in [6.07, 6.45) is 0. The molecular formula is C16H23N3S. The molecule has 0 saturated carbocycles. The van der Waals surface area contributed by atoms with Crippen LogP contribution >= 0.6 is 11.3 Å². The van der Waals surface area contributed by atoms with Crippen LogP contribution in [0.5, 0.6) is 0 Å². The van der Waals surface area contributed by atoms with Crippen LogP contribution in [0, 0.1) is 6.92 Å². The van der Waals surface area contributed by atoms with Gasteiger partial charge in [0.05, 0.1) is 6.54 Å². The number of benzene rings is 1. The lowest BCUT2D eigenvalue weighted by Gasteiger charge is -2.20. The second-order valence-corrected chi connectivity index (χ2v) is 5.80. The van der Waals surface area contributed by atoms with Crippen molar-refractivity contribution in [3.63, 3.8) is 0 Å². The molecule has 0 bridgehead atoms. The molecule has 0 unspecified atom stereocenters. The lowest BCUT2D eigenvalue weighted by molar-refractivity contribution is 0.296. The topological polar surface area (TPSA) is 28.2 Å². The largest absolute Gasteiger partial charge is 0.378 e. The Morgan fingerprint density at radius 2 is 1.95 bits per heavy atom. The van der Waals surface area contributed by atoms with Crippen LogP contribution in [0.1, 0.15) is 30.1 Å². The maximum absolute atomic E-state index is 4.49. The van der Waals surface area contributed by atoms with E-state index in [-0.39, 0.29) is 0 Å². The minimum absolute atomic E-state index is 0.799. The molecule has 0 amide bonds. The molecule has 0 fully saturated rings. The lowest BCUT2D eigenvalue weighted by Crippen LogP contribution is -2.22. The van der Waals surface area contributed by atoms with Gasteiger partial charge in [0.25, 0.3) is 0 Å². The summed E-state index contributed by atoms with van der Waals surface area (Å²) in [5.41, 5.74) is 3.67. The zero-order chi connectivity index (χ0) is 14.4. The van der Waals surface area contributed by atoms with Crippen LogP contribution in [0.4, 0.5) is 5.69 Å². The molecule has 0 aliphatic rings. The predicted octanol–water partition coefficient (Wildman–Crippen LogP) is 3.91. The number of aromatic nitrogens is 1. The second-order valence-electron chi connectivity index (χ2n) is 4.85. The highest BCUT2D eigenvalue weighted by atomic mass is 32.1. The molecule has 1 aromatic heterocycles. The summed E-state index contributed by atoms with van der Waals surface area (Å²) in [4.78, 5) is 6.92. The van der Waals surface area contributed by atoms with Gasteiger partial charge in [-0.15, -0.1) is 11.3 Å². The highest BCUT2D eigenvalue weighted by Gasteiger charge is 2.06. The quantitative estimate of drug-likeness (QED) is 0.837. The van der Waals surface area contributed by atoms with E-state index in [1.807, 2.05) is 6.92 Å². The number of nitrogens with one attached hydrogen (secondary N) is 1. The fraction of sp³-hybridized carbons (Fsp3) is 0.438. The van der Waals surface area contributed by atoms with Crippen molar-refractivity contribution >= 4 is 17.0 Å². The number of anilines is 1. The van der Waals surface area contributed by atoms with Crippen molar-refractivity contribution < 1.29 is 0 Å². The summed E-state index contributed by atoms with van der Waals surface area (Å²) in [6, 6.07) is 8.55. The Labute approximate surface area is 125 Å². The van der Waals surface area contributed by atoms with Crippen molar-refractivity contribution in [2.45, 2.75) is 33.9 Å². The Hall–Kier alpha value is -1.39. The first kappa shape index (κ1) is 15.0. The molecule has 0 atom stereocenters. The average molecular weight is 289 g/mol. The van der Waals surface area contributed by atoms with E-state index >= 15 is 0 Å². The molecule has 20 heavy (non-hydrogen) atoms. The molecule has 0 aliphatic carbocycles. The molecule has 0 spiro atoms. The van der Waals surface area contributed by atoms with Gasteiger partial charge in [-0.25, -0.2) is 4.98 Å². The van der Waals surface area contributed by atoms with E-state index in [0.29, 0.717) is 0 Å². The molecule has 0 radical (unpaired) electrons. The Bertz CT molecular complexity index is 532. The minimum Gasteiger partial charge on any atom is -0.378 e. The number of rotatable bonds is 7. The van der Waals surface area contributed by atoms with Crippen LogP contribution < -0.4 is 5.32 Å². The fourth-order valence-electron chi connectivity index (χ4n) is 2.17.